The van der Waals surface area contributed by atoms with Gasteiger partial charge in [-0.2, -0.15) is 0 Å². The van der Waals surface area contributed by atoms with Crippen LogP contribution >= 0.6 is 0 Å². The molecule has 0 bridgehead atoms. The molecule has 1 unspecified atom stereocenters. The Morgan fingerprint density at radius 3 is 2.55 bits per heavy atom. The Balaban J connectivity index is 1.73. The Bertz CT molecular complexity index is 1170. The topological polar surface area (TPSA) is 111 Å². The summed E-state index contributed by atoms with van der Waals surface area (Å²) in [5, 5.41) is 0.351. The second-order valence-corrected chi connectivity index (χ2v) is 8.12. The largest absolute Gasteiger partial charge is 0.466 e. The molecule has 10 nitrogen and oxygen atoms in total. The average Bonchev–Trinajstić information content (AvgIpc) is 2.82. The first-order chi connectivity index (χ1) is 15.8. The van der Waals surface area contributed by atoms with E-state index in [1.807, 2.05) is 0 Å². The third-order valence-electron chi connectivity index (χ3n) is 5.93. The van der Waals surface area contributed by atoms with E-state index in [-0.39, 0.29) is 44.0 Å². The first-order valence-electron chi connectivity index (χ1n) is 11.2. The van der Waals surface area contributed by atoms with Gasteiger partial charge in [-0.05, 0) is 38.8 Å². The summed E-state index contributed by atoms with van der Waals surface area (Å²) in [5.41, 5.74) is -0.590. The van der Waals surface area contributed by atoms with Crippen molar-refractivity contribution in [1.82, 2.24) is 18.9 Å². The first-order valence-corrected chi connectivity index (χ1v) is 11.2. The number of piperidine rings is 1. The lowest BCUT2D eigenvalue weighted by molar-refractivity contribution is -0.152. The van der Waals surface area contributed by atoms with Gasteiger partial charge in [-0.3, -0.25) is 28.3 Å². The molecule has 0 saturated carbocycles. The monoisotopic (exact) mass is 458 g/mol. The number of aromatic nitrogens is 2. The molecule has 1 fully saturated rings. The SMILES string of the molecule is CCOC(=O)C1CCCN(C(=O)CN(C)C(=O)Cn2c(=O)n(CC)c(=O)c3ccccc32)C1. The maximum Gasteiger partial charge on any atom is 0.331 e. The molecule has 1 aliphatic rings. The number of benzene rings is 1. The third kappa shape index (κ3) is 5.15. The van der Waals surface area contributed by atoms with Crippen molar-refractivity contribution in [3.8, 4) is 0 Å². The van der Waals surface area contributed by atoms with Crippen LogP contribution < -0.4 is 11.2 Å². The number of carbonyl (C=O) groups is 3. The van der Waals surface area contributed by atoms with E-state index in [4.69, 9.17) is 4.74 Å². The number of para-hydroxylation sites is 1. The zero-order valence-corrected chi connectivity index (χ0v) is 19.3. The molecule has 1 aromatic heterocycles. The number of likely N-dealkylation sites (tertiary alicyclic amines) is 1. The number of rotatable bonds is 7. The van der Waals surface area contributed by atoms with Crippen molar-refractivity contribution in [3.63, 3.8) is 0 Å². The van der Waals surface area contributed by atoms with E-state index >= 15 is 0 Å². The van der Waals surface area contributed by atoms with Gasteiger partial charge in [0.25, 0.3) is 5.56 Å². The van der Waals surface area contributed by atoms with Crippen molar-refractivity contribution in [2.75, 3.05) is 33.3 Å². The molecule has 2 amide bonds. The van der Waals surface area contributed by atoms with Gasteiger partial charge in [0.2, 0.25) is 11.8 Å². The molecule has 2 heterocycles. The number of fused-ring (bicyclic) bond motifs is 1. The molecule has 3 rings (SSSR count). The Kier molecular flexibility index (Phi) is 7.67. The normalized spacial score (nSPS) is 16.0. The molecule has 0 spiro atoms. The molecule has 178 valence electrons. The highest BCUT2D eigenvalue weighted by Gasteiger charge is 2.30. The summed E-state index contributed by atoms with van der Waals surface area (Å²) in [6.07, 6.45) is 1.35. The summed E-state index contributed by atoms with van der Waals surface area (Å²) in [6, 6.07) is 6.64. The maximum absolute atomic E-state index is 12.9. The summed E-state index contributed by atoms with van der Waals surface area (Å²) in [5.74, 6) is -1.37. The number of hydrogen-bond donors (Lipinski definition) is 0. The van der Waals surface area contributed by atoms with Gasteiger partial charge in [0.15, 0.2) is 0 Å². The van der Waals surface area contributed by atoms with Gasteiger partial charge in [-0.1, -0.05) is 12.1 Å². The molecule has 1 saturated heterocycles. The molecular formula is C23H30N4O6. The van der Waals surface area contributed by atoms with E-state index in [2.05, 4.69) is 0 Å². The van der Waals surface area contributed by atoms with Crippen molar-refractivity contribution in [3.05, 3.63) is 45.1 Å². The molecule has 0 radical (unpaired) electrons. The highest BCUT2D eigenvalue weighted by molar-refractivity contribution is 5.86. The van der Waals surface area contributed by atoms with Crippen LogP contribution in [0, 0.1) is 5.92 Å². The van der Waals surface area contributed by atoms with Gasteiger partial charge in [0.05, 0.1) is 30.0 Å². The predicted molar refractivity (Wildman–Crippen MR) is 122 cm³/mol. The summed E-state index contributed by atoms with van der Waals surface area (Å²) in [4.78, 5) is 66.0. The second-order valence-electron chi connectivity index (χ2n) is 8.12. The molecular weight excluding hydrogens is 428 g/mol. The Morgan fingerprint density at radius 1 is 1.12 bits per heavy atom. The van der Waals surface area contributed by atoms with E-state index in [1.54, 1.807) is 43.0 Å². The molecule has 1 aliphatic heterocycles. The van der Waals surface area contributed by atoms with Crippen molar-refractivity contribution in [1.29, 1.82) is 0 Å². The average molecular weight is 459 g/mol. The number of likely N-dealkylation sites (N-methyl/N-ethyl adjacent to an activating group) is 1. The number of carbonyl (C=O) groups excluding carboxylic acids is 3. The van der Waals surface area contributed by atoms with Gasteiger partial charge < -0.3 is 14.5 Å². The van der Waals surface area contributed by atoms with Crippen LogP contribution in [0.1, 0.15) is 26.7 Å². The van der Waals surface area contributed by atoms with E-state index in [0.717, 1.165) is 4.57 Å². The van der Waals surface area contributed by atoms with Crippen molar-refractivity contribution < 1.29 is 19.1 Å². The standard InChI is InChI=1S/C23H30N4O6/c1-4-26-21(30)17-10-6-7-11-18(17)27(23(26)32)15-19(28)24(3)14-20(29)25-12-8-9-16(13-25)22(31)33-5-2/h6-7,10-11,16H,4-5,8-9,12-15H2,1-3H3. The van der Waals surface area contributed by atoms with Crippen LogP contribution in [0.4, 0.5) is 0 Å². The van der Waals surface area contributed by atoms with Gasteiger partial charge >= 0.3 is 11.7 Å². The van der Waals surface area contributed by atoms with Gasteiger partial charge in [-0.25, -0.2) is 4.79 Å². The summed E-state index contributed by atoms with van der Waals surface area (Å²) in [6.45, 7) is 4.22. The number of nitrogens with zero attached hydrogens (tertiary/aromatic N) is 4. The number of amides is 2. The minimum absolute atomic E-state index is 0.172. The van der Waals surface area contributed by atoms with Crippen LogP contribution in [-0.4, -0.2) is 70.0 Å². The Morgan fingerprint density at radius 2 is 1.85 bits per heavy atom. The Labute approximate surface area is 191 Å². The highest BCUT2D eigenvalue weighted by atomic mass is 16.5. The zero-order chi connectivity index (χ0) is 24.1. The number of hydrogen-bond acceptors (Lipinski definition) is 6. The first kappa shape index (κ1) is 24.2. The van der Waals surface area contributed by atoms with Crippen LogP contribution in [0.2, 0.25) is 0 Å². The van der Waals surface area contributed by atoms with Crippen LogP contribution in [0.5, 0.6) is 0 Å². The van der Waals surface area contributed by atoms with Crippen LogP contribution in [0.3, 0.4) is 0 Å². The van der Waals surface area contributed by atoms with E-state index in [0.29, 0.717) is 36.9 Å². The zero-order valence-electron chi connectivity index (χ0n) is 19.3. The minimum atomic E-state index is -0.567. The summed E-state index contributed by atoms with van der Waals surface area (Å²) in [7, 11) is 1.50. The predicted octanol–water partition coefficient (Wildman–Crippen LogP) is 0.443. The molecule has 1 atom stereocenters. The van der Waals surface area contributed by atoms with Crippen LogP contribution in [0.25, 0.3) is 10.9 Å². The lowest BCUT2D eigenvalue weighted by Gasteiger charge is -2.32. The lowest BCUT2D eigenvalue weighted by atomic mass is 9.98. The summed E-state index contributed by atoms with van der Waals surface area (Å²) >= 11 is 0. The maximum atomic E-state index is 12.9. The second kappa shape index (κ2) is 10.5. The summed E-state index contributed by atoms with van der Waals surface area (Å²) < 4.78 is 7.42. The van der Waals surface area contributed by atoms with Gasteiger partial charge in [0.1, 0.15) is 6.54 Å². The lowest BCUT2D eigenvalue weighted by Crippen LogP contribution is -2.48. The fraction of sp³-hybridized carbons (Fsp3) is 0.522. The molecule has 1 aromatic carbocycles. The highest BCUT2D eigenvalue weighted by Crippen LogP contribution is 2.18. The molecule has 0 N–H and O–H groups in total. The molecule has 2 aromatic rings. The third-order valence-corrected chi connectivity index (χ3v) is 5.93. The quantitative estimate of drug-likeness (QED) is 0.557. The van der Waals surface area contributed by atoms with E-state index < -0.39 is 17.2 Å². The van der Waals surface area contributed by atoms with Crippen molar-refractivity contribution in [2.24, 2.45) is 5.92 Å². The smallest absolute Gasteiger partial charge is 0.331 e. The number of ether oxygens (including phenoxy) is 1. The van der Waals surface area contributed by atoms with Crippen LogP contribution in [-0.2, 0) is 32.2 Å². The minimum Gasteiger partial charge on any atom is -0.466 e. The number of esters is 1. The van der Waals surface area contributed by atoms with Crippen LogP contribution in [0.15, 0.2) is 33.9 Å². The van der Waals surface area contributed by atoms with E-state index in [9.17, 15) is 24.0 Å². The fourth-order valence-corrected chi connectivity index (χ4v) is 4.11. The van der Waals surface area contributed by atoms with Crippen molar-refractivity contribution >= 4 is 28.7 Å². The van der Waals surface area contributed by atoms with Gasteiger partial charge in [0, 0.05) is 26.7 Å². The van der Waals surface area contributed by atoms with Gasteiger partial charge in [-0.15, -0.1) is 0 Å². The van der Waals surface area contributed by atoms with E-state index in [1.165, 1.54) is 16.5 Å². The molecule has 0 aliphatic carbocycles. The molecule has 33 heavy (non-hydrogen) atoms. The van der Waals surface area contributed by atoms with Crippen molar-refractivity contribution in [2.45, 2.75) is 39.8 Å². The fourth-order valence-electron chi connectivity index (χ4n) is 4.11. The molecule has 10 heteroatoms. The Hall–Kier alpha value is -3.43.